The maximum absolute atomic E-state index is 11.7. The summed E-state index contributed by atoms with van der Waals surface area (Å²) in [4.78, 5) is 22.8. The number of hydrazone groups is 1. The molecule has 0 saturated carbocycles. The van der Waals surface area contributed by atoms with Crippen LogP contribution in [0, 0.1) is 0 Å². The second-order valence-electron chi connectivity index (χ2n) is 4.21. The Balaban J connectivity index is 2.33. The van der Waals surface area contributed by atoms with Gasteiger partial charge in [-0.25, -0.2) is 5.01 Å². The molecule has 0 spiro atoms. The Labute approximate surface area is 101 Å². The number of amides is 2. The smallest absolute Gasteiger partial charge is 0.267 e. The average molecular weight is 241 g/mol. The minimum atomic E-state index is -0.345. The molecule has 1 rings (SSSR count). The molecule has 0 bridgehead atoms. The topological polar surface area (TPSA) is 82.0 Å². The normalized spacial score (nSPS) is 17.7. The molecule has 0 aromatic carbocycles. The van der Waals surface area contributed by atoms with E-state index in [4.69, 9.17) is 5.11 Å². The molecule has 0 aromatic rings. The van der Waals surface area contributed by atoms with Crippen LogP contribution >= 0.6 is 0 Å². The van der Waals surface area contributed by atoms with Gasteiger partial charge in [0.1, 0.15) is 5.71 Å². The van der Waals surface area contributed by atoms with E-state index in [0.29, 0.717) is 31.5 Å². The number of carbonyl (C=O) groups excluding carboxylic acids is 2. The quantitative estimate of drug-likeness (QED) is 0.658. The van der Waals surface area contributed by atoms with E-state index in [0.717, 1.165) is 6.42 Å². The Bertz CT molecular complexity index is 326. The molecule has 2 amide bonds. The van der Waals surface area contributed by atoms with Gasteiger partial charge in [-0.15, -0.1) is 0 Å². The first-order valence-corrected chi connectivity index (χ1v) is 5.81. The van der Waals surface area contributed by atoms with Crippen molar-refractivity contribution in [3.63, 3.8) is 0 Å². The highest BCUT2D eigenvalue weighted by atomic mass is 16.3. The molecule has 0 fully saturated rings. The highest BCUT2D eigenvalue weighted by molar-refractivity contribution is 6.39. The summed E-state index contributed by atoms with van der Waals surface area (Å²) in [5.41, 5.74) is 0.393. The van der Waals surface area contributed by atoms with E-state index >= 15 is 0 Å². The first kappa shape index (κ1) is 13.6. The predicted octanol–water partition coefficient (Wildman–Crippen LogP) is -0.128. The zero-order chi connectivity index (χ0) is 12.8. The number of nitrogens with one attached hydrogen (secondary N) is 1. The summed E-state index contributed by atoms with van der Waals surface area (Å²) in [6.07, 6.45) is 1.76. The molecule has 1 aliphatic rings. The van der Waals surface area contributed by atoms with Gasteiger partial charge in [0, 0.05) is 26.4 Å². The molecule has 1 heterocycles. The fraction of sp³-hybridized carbons (Fsp3) is 0.727. The zero-order valence-electron chi connectivity index (χ0n) is 10.3. The van der Waals surface area contributed by atoms with E-state index in [9.17, 15) is 9.59 Å². The van der Waals surface area contributed by atoms with Crippen molar-refractivity contribution in [2.45, 2.75) is 38.7 Å². The van der Waals surface area contributed by atoms with Crippen LogP contribution < -0.4 is 5.32 Å². The lowest BCUT2D eigenvalue weighted by Crippen LogP contribution is -2.38. The summed E-state index contributed by atoms with van der Waals surface area (Å²) >= 11 is 0. The van der Waals surface area contributed by atoms with Crippen LogP contribution in [0.2, 0.25) is 0 Å². The van der Waals surface area contributed by atoms with Crippen LogP contribution in [0.5, 0.6) is 0 Å². The summed E-state index contributed by atoms with van der Waals surface area (Å²) in [5.74, 6) is -0.300. The molecule has 17 heavy (non-hydrogen) atoms. The van der Waals surface area contributed by atoms with Gasteiger partial charge in [0.15, 0.2) is 0 Å². The summed E-state index contributed by atoms with van der Waals surface area (Å²) in [7, 11) is 1.54. The highest BCUT2D eigenvalue weighted by Crippen LogP contribution is 2.06. The lowest BCUT2D eigenvalue weighted by molar-refractivity contribution is -0.130. The van der Waals surface area contributed by atoms with E-state index in [1.54, 1.807) is 14.0 Å². The predicted molar refractivity (Wildman–Crippen MR) is 63.4 cm³/mol. The maximum Gasteiger partial charge on any atom is 0.267 e. The summed E-state index contributed by atoms with van der Waals surface area (Å²) < 4.78 is 0. The molecule has 6 heteroatoms. The third-order valence-electron chi connectivity index (χ3n) is 2.55. The average Bonchev–Trinajstić information content (AvgIpc) is 2.27. The van der Waals surface area contributed by atoms with Crippen molar-refractivity contribution < 1.29 is 14.7 Å². The molecule has 0 aliphatic carbocycles. The molecular formula is C11H19N3O3. The van der Waals surface area contributed by atoms with Gasteiger partial charge < -0.3 is 10.4 Å². The Morgan fingerprint density at radius 2 is 2.29 bits per heavy atom. The summed E-state index contributed by atoms with van der Waals surface area (Å²) in [5, 5.41) is 16.9. The minimum Gasteiger partial charge on any atom is -0.393 e. The number of aliphatic hydroxyl groups is 1. The van der Waals surface area contributed by atoms with Crippen LogP contribution in [-0.2, 0) is 9.59 Å². The molecule has 0 saturated heterocycles. The monoisotopic (exact) mass is 241 g/mol. The molecule has 6 nitrogen and oxygen atoms in total. The van der Waals surface area contributed by atoms with Gasteiger partial charge in [-0.3, -0.25) is 9.59 Å². The fourth-order valence-corrected chi connectivity index (χ4v) is 1.53. The molecular weight excluding hydrogens is 222 g/mol. The van der Waals surface area contributed by atoms with E-state index < -0.39 is 0 Å². The van der Waals surface area contributed by atoms with Gasteiger partial charge in [0.25, 0.3) is 5.91 Å². The van der Waals surface area contributed by atoms with Crippen molar-refractivity contribution >= 4 is 17.5 Å². The number of nitrogens with zero attached hydrogens (tertiary/aromatic N) is 2. The Morgan fingerprint density at radius 3 is 2.88 bits per heavy atom. The van der Waals surface area contributed by atoms with E-state index in [-0.39, 0.29) is 17.9 Å². The Hall–Kier alpha value is -1.43. The second kappa shape index (κ2) is 6.34. The van der Waals surface area contributed by atoms with Crippen molar-refractivity contribution in [2.75, 3.05) is 13.6 Å². The molecule has 1 aliphatic heterocycles. The Kier molecular flexibility index (Phi) is 5.09. The molecule has 1 unspecified atom stereocenters. The molecule has 0 aromatic heterocycles. The number of aliphatic hydroxyl groups excluding tert-OH is 1. The first-order valence-electron chi connectivity index (χ1n) is 5.81. The molecule has 0 radical (unpaired) electrons. The maximum atomic E-state index is 11.7. The van der Waals surface area contributed by atoms with Gasteiger partial charge in [-0.2, -0.15) is 5.10 Å². The first-order chi connectivity index (χ1) is 8.00. The van der Waals surface area contributed by atoms with Crippen LogP contribution in [0.3, 0.4) is 0 Å². The zero-order valence-corrected chi connectivity index (χ0v) is 10.3. The van der Waals surface area contributed by atoms with Gasteiger partial charge in [-0.05, 0) is 19.8 Å². The van der Waals surface area contributed by atoms with E-state index in [1.165, 1.54) is 5.01 Å². The van der Waals surface area contributed by atoms with Crippen LogP contribution in [0.4, 0.5) is 0 Å². The number of hydrogen-bond donors (Lipinski definition) is 2. The van der Waals surface area contributed by atoms with Crippen molar-refractivity contribution in [3.05, 3.63) is 0 Å². The third-order valence-corrected chi connectivity index (χ3v) is 2.55. The van der Waals surface area contributed by atoms with Crippen molar-refractivity contribution in [1.82, 2.24) is 10.3 Å². The number of carbonyl (C=O) groups is 2. The van der Waals surface area contributed by atoms with Crippen LogP contribution in [-0.4, -0.2) is 47.3 Å². The van der Waals surface area contributed by atoms with Crippen LogP contribution in [0.1, 0.15) is 32.6 Å². The third kappa shape index (κ3) is 4.52. The summed E-state index contributed by atoms with van der Waals surface area (Å²) in [6.45, 7) is 2.23. The second-order valence-corrected chi connectivity index (χ2v) is 4.21. The lowest BCUT2D eigenvalue weighted by Gasteiger charge is -2.18. The largest absolute Gasteiger partial charge is 0.393 e. The lowest BCUT2D eigenvalue weighted by atomic mass is 10.1. The van der Waals surface area contributed by atoms with Gasteiger partial charge in [-0.1, -0.05) is 0 Å². The molecule has 2 N–H and O–H groups in total. The number of rotatable bonds is 5. The highest BCUT2D eigenvalue weighted by Gasteiger charge is 2.21. The molecule has 96 valence electrons. The van der Waals surface area contributed by atoms with Gasteiger partial charge in [0.2, 0.25) is 5.91 Å². The van der Waals surface area contributed by atoms with E-state index in [1.807, 2.05) is 0 Å². The standard InChI is InChI=1S/C11H19N3O3/c1-8(15)4-3-7-12-11(17)9-5-6-10(16)14(2)13-9/h8,15H,3-7H2,1-2H3,(H,12,17). The van der Waals surface area contributed by atoms with Crippen molar-refractivity contribution in [1.29, 1.82) is 0 Å². The minimum absolute atomic E-state index is 0.0735. The van der Waals surface area contributed by atoms with Crippen LogP contribution in [0.25, 0.3) is 0 Å². The Morgan fingerprint density at radius 1 is 1.59 bits per heavy atom. The van der Waals surface area contributed by atoms with Gasteiger partial charge >= 0.3 is 0 Å². The van der Waals surface area contributed by atoms with E-state index in [2.05, 4.69) is 10.4 Å². The van der Waals surface area contributed by atoms with Crippen molar-refractivity contribution in [2.24, 2.45) is 5.10 Å². The molecule has 1 atom stereocenters. The number of hydrogen-bond acceptors (Lipinski definition) is 4. The van der Waals surface area contributed by atoms with Gasteiger partial charge in [0.05, 0.1) is 6.10 Å². The summed E-state index contributed by atoms with van der Waals surface area (Å²) in [6, 6.07) is 0. The van der Waals surface area contributed by atoms with Crippen LogP contribution in [0.15, 0.2) is 5.10 Å². The SMILES string of the molecule is CC(O)CCCNC(=O)C1=NN(C)C(=O)CC1. The fourth-order valence-electron chi connectivity index (χ4n) is 1.53. The van der Waals surface area contributed by atoms with Crippen molar-refractivity contribution in [3.8, 4) is 0 Å².